The molecule has 124 valence electrons. The summed E-state index contributed by atoms with van der Waals surface area (Å²) in [5, 5.41) is 8.08. The number of hydrogen-bond donors (Lipinski definition) is 2. The Morgan fingerprint density at radius 3 is 2.80 bits per heavy atom. The number of benzene rings is 1. The van der Waals surface area contributed by atoms with E-state index in [0.29, 0.717) is 17.1 Å². The first-order valence-electron chi connectivity index (χ1n) is 7.98. The molecule has 0 radical (unpaired) electrons. The van der Waals surface area contributed by atoms with Crippen LogP contribution in [0, 0.1) is 13.8 Å². The number of pyridine rings is 1. The molecule has 6 nitrogen and oxygen atoms in total. The lowest BCUT2D eigenvalue weighted by Crippen LogP contribution is -2.12. The number of aromatic amines is 1. The van der Waals surface area contributed by atoms with E-state index in [4.69, 9.17) is 0 Å². The van der Waals surface area contributed by atoms with E-state index in [1.54, 1.807) is 17.1 Å². The van der Waals surface area contributed by atoms with Gasteiger partial charge < -0.3 is 10.3 Å². The molecule has 0 aliphatic carbocycles. The van der Waals surface area contributed by atoms with Crippen molar-refractivity contribution in [2.24, 2.45) is 0 Å². The highest BCUT2D eigenvalue weighted by atomic mass is 16.1. The minimum atomic E-state index is -0.159. The number of amides is 1. The third kappa shape index (κ3) is 2.78. The van der Waals surface area contributed by atoms with Gasteiger partial charge in [0.05, 0.1) is 11.9 Å². The van der Waals surface area contributed by atoms with Gasteiger partial charge in [0.1, 0.15) is 0 Å². The summed E-state index contributed by atoms with van der Waals surface area (Å²) in [6.45, 7) is 4.08. The Kier molecular flexibility index (Phi) is 3.57. The summed E-state index contributed by atoms with van der Waals surface area (Å²) in [7, 11) is 0. The number of aromatic nitrogens is 4. The number of carbonyl (C=O) groups is 1. The van der Waals surface area contributed by atoms with Crippen molar-refractivity contribution in [1.82, 2.24) is 19.7 Å². The molecule has 3 aromatic heterocycles. The van der Waals surface area contributed by atoms with Gasteiger partial charge in [-0.15, -0.1) is 0 Å². The molecule has 1 amide bonds. The van der Waals surface area contributed by atoms with Crippen LogP contribution in [0.2, 0.25) is 0 Å². The van der Waals surface area contributed by atoms with Gasteiger partial charge in [0.2, 0.25) is 0 Å². The van der Waals surface area contributed by atoms with Gasteiger partial charge >= 0.3 is 0 Å². The summed E-state index contributed by atoms with van der Waals surface area (Å²) in [6, 6.07) is 11.1. The summed E-state index contributed by atoms with van der Waals surface area (Å²) < 4.78 is 1.66. The maximum Gasteiger partial charge on any atom is 0.255 e. The van der Waals surface area contributed by atoms with Crippen molar-refractivity contribution in [3.63, 3.8) is 0 Å². The van der Waals surface area contributed by atoms with Crippen LogP contribution < -0.4 is 5.32 Å². The molecule has 0 fully saturated rings. The van der Waals surface area contributed by atoms with E-state index in [-0.39, 0.29) is 5.91 Å². The van der Waals surface area contributed by atoms with Crippen LogP contribution >= 0.6 is 0 Å². The van der Waals surface area contributed by atoms with Crippen LogP contribution in [0.4, 0.5) is 5.69 Å². The molecule has 4 aromatic rings. The topological polar surface area (TPSA) is 75.6 Å². The molecule has 2 N–H and O–H groups in total. The molecule has 0 bridgehead atoms. The van der Waals surface area contributed by atoms with Crippen LogP contribution in [0.25, 0.3) is 16.7 Å². The SMILES string of the molecule is Cc1[nH]c2ccc(C(=O)Nc3ccc(-n4cccn4)nc3)cc2c1C. The predicted octanol–water partition coefficient (Wildman–Crippen LogP) is 3.62. The second kappa shape index (κ2) is 5.90. The lowest BCUT2D eigenvalue weighted by Gasteiger charge is -2.06. The van der Waals surface area contributed by atoms with Gasteiger partial charge in [-0.1, -0.05) is 0 Å². The fourth-order valence-corrected chi connectivity index (χ4v) is 2.81. The van der Waals surface area contributed by atoms with Crippen LogP contribution in [0.1, 0.15) is 21.6 Å². The fraction of sp³-hybridized carbons (Fsp3) is 0.105. The number of nitrogens with one attached hydrogen (secondary N) is 2. The number of hydrogen-bond acceptors (Lipinski definition) is 3. The van der Waals surface area contributed by atoms with Crippen molar-refractivity contribution >= 4 is 22.5 Å². The Morgan fingerprint density at radius 2 is 2.08 bits per heavy atom. The molecule has 4 rings (SSSR count). The highest BCUT2D eigenvalue weighted by Crippen LogP contribution is 2.23. The second-order valence-electron chi connectivity index (χ2n) is 5.95. The first-order chi connectivity index (χ1) is 12.1. The molecule has 0 aliphatic heterocycles. The van der Waals surface area contributed by atoms with Crippen molar-refractivity contribution in [2.75, 3.05) is 5.32 Å². The molecule has 0 spiro atoms. The van der Waals surface area contributed by atoms with Gasteiger partial charge in [-0.25, -0.2) is 9.67 Å². The lowest BCUT2D eigenvalue weighted by molar-refractivity contribution is 0.102. The normalized spacial score (nSPS) is 11.0. The number of aryl methyl sites for hydroxylation is 2. The zero-order valence-electron chi connectivity index (χ0n) is 13.9. The predicted molar refractivity (Wildman–Crippen MR) is 97.1 cm³/mol. The minimum Gasteiger partial charge on any atom is -0.358 e. The third-order valence-electron chi connectivity index (χ3n) is 4.32. The molecule has 3 heterocycles. The van der Waals surface area contributed by atoms with Crippen molar-refractivity contribution in [1.29, 1.82) is 0 Å². The largest absolute Gasteiger partial charge is 0.358 e. The average molecular weight is 331 g/mol. The van der Waals surface area contributed by atoms with E-state index < -0.39 is 0 Å². The van der Waals surface area contributed by atoms with Crippen molar-refractivity contribution in [2.45, 2.75) is 13.8 Å². The fourth-order valence-electron chi connectivity index (χ4n) is 2.81. The van der Waals surface area contributed by atoms with E-state index in [2.05, 4.69) is 20.4 Å². The summed E-state index contributed by atoms with van der Waals surface area (Å²) in [5.74, 6) is 0.539. The zero-order valence-corrected chi connectivity index (χ0v) is 13.9. The monoisotopic (exact) mass is 331 g/mol. The Labute approximate surface area is 144 Å². The van der Waals surface area contributed by atoms with E-state index in [1.165, 1.54) is 0 Å². The molecule has 1 aromatic carbocycles. The van der Waals surface area contributed by atoms with Gasteiger partial charge in [0.25, 0.3) is 5.91 Å². The molecular weight excluding hydrogens is 314 g/mol. The Bertz CT molecular complexity index is 1050. The number of H-pyrrole nitrogens is 1. The van der Waals surface area contributed by atoms with Crippen molar-refractivity contribution in [3.8, 4) is 5.82 Å². The molecule has 0 unspecified atom stereocenters. The molecule has 0 saturated carbocycles. The van der Waals surface area contributed by atoms with Gasteiger partial charge in [0.15, 0.2) is 5.82 Å². The highest BCUT2D eigenvalue weighted by molar-refractivity contribution is 6.06. The van der Waals surface area contributed by atoms with Gasteiger partial charge in [-0.05, 0) is 55.8 Å². The minimum absolute atomic E-state index is 0.159. The molecule has 0 saturated heterocycles. The number of rotatable bonds is 3. The zero-order chi connectivity index (χ0) is 17.4. The van der Waals surface area contributed by atoms with Crippen LogP contribution in [0.15, 0.2) is 55.0 Å². The van der Waals surface area contributed by atoms with E-state index in [0.717, 1.165) is 22.2 Å². The Balaban J connectivity index is 1.56. The smallest absolute Gasteiger partial charge is 0.255 e. The first kappa shape index (κ1) is 15.1. The van der Waals surface area contributed by atoms with Gasteiger partial charge in [0, 0.05) is 34.6 Å². The molecule has 25 heavy (non-hydrogen) atoms. The van der Waals surface area contributed by atoms with E-state index >= 15 is 0 Å². The standard InChI is InChI=1S/C19H17N5O/c1-12-13(2)22-17-6-4-14(10-16(12)17)19(25)23-15-5-7-18(20-11-15)24-9-3-8-21-24/h3-11,22H,1-2H3,(H,23,25). The summed E-state index contributed by atoms with van der Waals surface area (Å²) >= 11 is 0. The Morgan fingerprint density at radius 1 is 1.20 bits per heavy atom. The number of nitrogens with zero attached hydrogens (tertiary/aromatic N) is 3. The van der Waals surface area contributed by atoms with Gasteiger partial charge in [-0.3, -0.25) is 4.79 Å². The summed E-state index contributed by atoms with van der Waals surface area (Å²) in [5.41, 5.74) is 4.58. The molecular formula is C19H17N5O. The van der Waals surface area contributed by atoms with Crippen molar-refractivity contribution < 1.29 is 4.79 Å². The maximum absolute atomic E-state index is 12.5. The van der Waals surface area contributed by atoms with E-state index in [9.17, 15) is 4.79 Å². The number of carbonyl (C=O) groups excluding carboxylic acids is 1. The molecule has 6 heteroatoms. The Hall–Kier alpha value is -3.41. The lowest BCUT2D eigenvalue weighted by atomic mass is 10.1. The highest BCUT2D eigenvalue weighted by Gasteiger charge is 2.10. The summed E-state index contributed by atoms with van der Waals surface area (Å²) in [4.78, 5) is 20.2. The third-order valence-corrected chi connectivity index (χ3v) is 4.32. The number of fused-ring (bicyclic) bond motifs is 1. The second-order valence-corrected chi connectivity index (χ2v) is 5.95. The summed E-state index contributed by atoms with van der Waals surface area (Å²) in [6.07, 6.45) is 5.13. The molecule has 0 aliphatic rings. The quantitative estimate of drug-likeness (QED) is 0.602. The average Bonchev–Trinajstić information content (AvgIpc) is 3.25. The first-order valence-corrected chi connectivity index (χ1v) is 7.98. The maximum atomic E-state index is 12.5. The van der Waals surface area contributed by atoms with Gasteiger partial charge in [-0.2, -0.15) is 5.10 Å². The van der Waals surface area contributed by atoms with Crippen LogP contribution in [-0.2, 0) is 0 Å². The van der Waals surface area contributed by atoms with E-state index in [1.807, 2.05) is 56.4 Å². The van der Waals surface area contributed by atoms with Crippen LogP contribution in [0.3, 0.4) is 0 Å². The molecule has 0 atom stereocenters. The van der Waals surface area contributed by atoms with Crippen molar-refractivity contribution in [3.05, 3.63) is 71.8 Å². The number of anilines is 1. The van der Waals surface area contributed by atoms with Crippen LogP contribution in [0.5, 0.6) is 0 Å². The van der Waals surface area contributed by atoms with Crippen LogP contribution in [-0.4, -0.2) is 25.7 Å².